The molecule has 4 rings (SSSR count). The van der Waals surface area contributed by atoms with Gasteiger partial charge in [-0.15, -0.1) is 0 Å². The summed E-state index contributed by atoms with van der Waals surface area (Å²) in [5.74, 6) is -0.524. The van der Waals surface area contributed by atoms with Gasteiger partial charge < -0.3 is 10.0 Å². The van der Waals surface area contributed by atoms with E-state index >= 15 is 0 Å². The minimum atomic E-state index is -4.37. The maximum Gasteiger partial charge on any atom is 0.416 e. The molecule has 1 N–H and O–H groups in total. The van der Waals surface area contributed by atoms with Gasteiger partial charge in [-0.1, -0.05) is 48.9 Å². The molecule has 1 aliphatic rings. The number of carboxylic acid groups (broad SMARTS) is 1. The van der Waals surface area contributed by atoms with E-state index in [9.17, 15) is 18.0 Å². The fourth-order valence-electron chi connectivity index (χ4n) is 4.61. The number of alkyl halides is 3. The van der Waals surface area contributed by atoms with Crippen molar-refractivity contribution in [3.8, 4) is 0 Å². The molecule has 1 fully saturated rings. The van der Waals surface area contributed by atoms with E-state index in [-0.39, 0.29) is 12.5 Å². The zero-order valence-corrected chi connectivity index (χ0v) is 20.2. The summed E-state index contributed by atoms with van der Waals surface area (Å²) in [7, 11) is 0. The molecule has 1 atom stereocenters. The van der Waals surface area contributed by atoms with Crippen LogP contribution in [0.25, 0.3) is 10.2 Å². The highest BCUT2D eigenvalue weighted by atomic mass is 32.1. The molecule has 1 aliphatic heterocycles. The molecule has 182 valence electrons. The third kappa shape index (κ3) is 5.52. The van der Waals surface area contributed by atoms with E-state index in [1.807, 2.05) is 19.1 Å². The second-order valence-electron chi connectivity index (χ2n) is 9.31. The van der Waals surface area contributed by atoms with E-state index in [1.165, 1.54) is 23.5 Å². The van der Waals surface area contributed by atoms with Gasteiger partial charge in [-0.2, -0.15) is 13.2 Å². The third-order valence-corrected chi connectivity index (χ3v) is 7.24. The van der Waals surface area contributed by atoms with Gasteiger partial charge in [0.1, 0.15) is 0 Å². The van der Waals surface area contributed by atoms with Crippen molar-refractivity contribution in [2.45, 2.75) is 46.0 Å². The van der Waals surface area contributed by atoms with Crippen LogP contribution in [0.2, 0.25) is 0 Å². The fourth-order valence-corrected chi connectivity index (χ4v) is 5.70. The Morgan fingerprint density at radius 3 is 2.59 bits per heavy atom. The molecule has 0 spiro atoms. The summed E-state index contributed by atoms with van der Waals surface area (Å²) in [6.07, 6.45) is -4.37. The monoisotopic (exact) mass is 491 g/mol. The van der Waals surface area contributed by atoms with Crippen LogP contribution in [0.4, 0.5) is 18.3 Å². The standard InChI is InChI=1S/C25H28F3N3O2S/c1-15(2)21-14-30(13-18-9-16(3)8-17(10-18)11-23(32)33)6-7-31(21)24-29-20-5-4-19(25(26,27)28)12-22(20)34-24/h4-5,8-10,12,15,21H,6-7,11,13-14H2,1-3H3,(H,32,33). The van der Waals surface area contributed by atoms with Crippen molar-refractivity contribution in [1.82, 2.24) is 9.88 Å². The van der Waals surface area contributed by atoms with Crippen LogP contribution in [0.3, 0.4) is 0 Å². The number of aliphatic carboxylic acids is 1. The number of hydrogen-bond donors (Lipinski definition) is 1. The highest BCUT2D eigenvalue weighted by Gasteiger charge is 2.33. The summed E-state index contributed by atoms with van der Waals surface area (Å²) < 4.78 is 39.9. The van der Waals surface area contributed by atoms with Crippen LogP contribution in [-0.4, -0.2) is 46.6 Å². The lowest BCUT2D eigenvalue weighted by Crippen LogP contribution is -2.55. The number of aromatic nitrogens is 1. The summed E-state index contributed by atoms with van der Waals surface area (Å²) in [6.45, 7) is 9.30. The predicted octanol–water partition coefficient (Wildman–Crippen LogP) is 5.60. The van der Waals surface area contributed by atoms with Crippen LogP contribution in [0, 0.1) is 12.8 Å². The van der Waals surface area contributed by atoms with Gasteiger partial charge >= 0.3 is 12.1 Å². The molecule has 0 radical (unpaired) electrons. The Hall–Kier alpha value is -2.65. The number of carbonyl (C=O) groups is 1. The Bertz CT molecular complexity index is 1190. The average Bonchev–Trinajstić information content (AvgIpc) is 3.15. The maximum absolute atomic E-state index is 13.1. The predicted molar refractivity (Wildman–Crippen MR) is 128 cm³/mol. The molecule has 2 heterocycles. The van der Waals surface area contributed by atoms with Gasteiger partial charge in [-0.05, 0) is 42.2 Å². The first-order chi connectivity index (χ1) is 16.0. The molecule has 0 amide bonds. The number of hydrogen-bond acceptors (Lipinski definition) is 5. The minimum Gasteiger partial charge on any atom is -0.481 e. The topological polar surface area (TPSA) is 56.7 Å². The third-order valence-electron chi connectivity index (χ3n) is 6.18. The Labute approximate surface area is 200 Å². The van der Waals surface area contributed by atoms with Crippen molar-refractivity contribution in [2.24, 2.45) is 5.92 Å². The normalized spacial score (nSPS) is 17.6. The summed E-state index contributed by atoms with van der Waals surface area (Å²) >= 11 is 1.31. The summed E-state index contributed by atoms with van der Waals surface area (Å²) in [6, 6.07) is 9.85. The number of halogens is 3. The van der Waals surface area contributed by atoms with E-state index < -0.39 is 17.7 Å². The van der Waals surface area contributed by atoms with Crippen LogP contribution in [0.1, 0.15) is 36.1 Å². The Morgan fingerprint density at radius 1 is 1.18 bits per heavy atom. The Kier molecular flexibility index (Phi) is 6.87. The van der Waals surface area contributed by atoms with Gasteiger partial charge in [0.25, 0.3) is 0 Å². The van der Waals surface area contributed by atoms with Crippen LogP contribution in [-0.2, 0) is 23.9 Å². The Balaban J connectivity index is 1.53. The van der Waals surface area contributed by atoms with E-state index in [2.05, 4.69) is 34.7 Å². The van der Waals surface area contributed by atoms with Gasteiger partial charge in [-0.3, -0.25) is 9.69 Å². The Morgan fingerprint density at radius 2 is 1.91 bits per heavy atom. The number of rotatable bonds is 6. The molecule has 34 heavy (non-hydrogen) atoms. The molecule has 1 unspecified atom stereocenters. The first kappa shape index (κ1) is 24.5. The van der Waals surface area contributed by atoms with Crippen LogP contribution in [0.5, 0.6) is 0 Å². The van der Waals surface area contributed by atoms with Crippen LogP contribution in [0.15, 0.2) is 36.4 Å². The highest BCUT2D eigenvalue weighted by molar-refractivity contribution is 7.22. The first-order valence-corrected chi connectivity index (χ1v) is 12.1. The summed E-state index contributed by atoms with van der Waals surface area (Å²) in [5, 5.41) is 9.89. The molecular weight excluding hydrogens is 463 g/mol. The van der Waals surface area contributed by atoms with E-state index in [1.54, 1.807) is 0 Å². The quantitative estimate of drug-likeness (QED) is 0.487. The molecule has 2 aromatic carbocycles. The van der Waals surface area contributed by atoms with E-state index in [4.69, 9.17) is 5.11 Å². The fraction of sp³-hybridized carbons (Fsp3) is 0.440. The van der Waals surface area contributed by atoms with E-state index in [0.29, 0.717) is 16.1 Å². The van der Waals surface area contributed by atoms with Crippen molar-refractivity contribution in [3.05, 3.63) is 58.7 Å². The second kappa shape index (κ2) is 9.54. The van der Waals surface area contributed by atoms with Gasteiger partial charge in [0, 0.05) is 32.2 Å². The molecular formula is C25H28F3N3O2S. The second-order valence-corrected chi connectivity index (χ2v) is 10.3. The number of nitrogens with zero attached hydrogens (tertiary/aromatic N) is 3. The average molecular weight is 492 g/mol. The lowest BCUT2D eigenvalue weighted by Gasteiger charge is -2.43. The number of carboxylic acids is 1. The lowest BCUT2D eigenvalue weighted by atomic mass is 9.99. The van der Waals surface area contributed by atoms with Gasteiger partial charge in [0.05, 0.1) is 22.2 Å². The number of thiazole rings is 1. The molecule has 1 aromatic heterocycles. The minimum absolute atomic E-state index is 0.00470. The van der Waals surface area contributed by atoms with Crippen molar-refractivity contribution < 1.29 is 23.1 Å². The maximum atomic E-state index is 13.1. The molecule has 0 saturated carbocycles. The highest BCUT2D eigenvalue weighted by Crippen LogP contribution is 2.37. The lowest BCUT2D eigenvalue weighted by molar-refractivity contribution is -0.138. The van der Waals surface area contributed by atoms with Gasteiger partial charge in [0.15, 0.2) is 5.13 Å². The number of piperazine rings is 1. The summed E-state index contributed by atoms with van der Waals surface area (Å²) in [4.78, 5) is 20.4. The number of aryl methyl sites for hydroxylation is 1. The van der Waals surface area contributed by atoms with E-state index in [0.717, 1.165) is 54.1 Å². The SMILES string of the molecule is Cc1cc(CC(=O)O)cc(CN2CCN(c3nc4ccc(C(F)(F)F)cc4s3)C(C(C)C)C2)c1. The van der Waals surface area contributed by atoms with Gasteiger partial charge in [0.2, 0.25) is 0 Å². The zero-order chi connectivity index (χ0) is 24.6. The molecule has 0 aliphatic carbocycles. The molecule has 0 bridgehead atoms. The van der Waals surface area contributed by atoms with Crippen LogP contribution >= 0.6 is 11.3 Å². The van der Waals surface area contributed by atoms with Crippen molar-refractivity contribution in [1.29, 1.82) is 0 Å². The molecule has 3 aromatic rings. The number of benzene rings is 2. The number of anilines is 1. The molecule has 9 heteroatoms. The first-order valence-electron chi connectivity index (χ1n) is 11.3. The number of fused-ring (bicyclic) bond motifs is 1. The molecule has 5 nitrogen and oxygen atoms in total. The summed E-state index contributed by atoms with van der Waals surface area (Å²) in [5.41, 5.74) is 2.87. The smallest absolute Gasteiger partial charge is 0.416 e. The van der Waals surface area contributed by atoms with Crippen LogP contribution < -0.4 is 4.90 Å². The van der Waals surface area contributed by atoms with Crippen molar-refractivity contribution >= 4 is 32.7 Å². The largest absolute Gasteiger partial charge is 0.481 e. The molecule has 1 saturated heterocycles. The van der Waals surface area contributed by atoms with Crippen molar-refractivity contribution in [3.63, 3.8) is 0 Å². The zero-order valence-electron chi connectivity index (χ0n) is 19.4. The van der Waals surface area contributed by atoms with Gasteiger partial charge in [-0.25, -0.2) is 4.98 Å². The van der Waals surface area contributed by atoms with Crippen molar-refractivity contribution in [2.75, 3.05) is 24.5 Å².